The summed E-state index contributed by atoms with van der Waals surface area (Å²) in [5.41, 5.74) is 0.453. The van der Waals surface area contributed by atoms with Crippen LogP contribution in [0.4, 0.5) is 5.69 Å². The number of nitrogens with one attached hydrogen (secondary N) is 1. The van der Waals surface area contributed by atoms with Crippen molar-refractivity contribution in [3.05, 3.63) is 18.2 Å². The van der Waals surface area contributed by atoms with E-state index in [-0.39, 0.29) is 29.8 Å². The first-order valence-corrected chi connectivity index (χ1v) is 10.8. The molecule has 0 bridgehead atoms. The van der Waals surface area contributed by atoms with Crippen LogP contribution in [0.2, 0.25) is 0 Å². The fourth-order valence-corrected chi connectivity index (χ4v) is 5.05. The first kappa shape index (κ1) is 19.2. The van der Waals surface area contributed by atoms with Gasteiger partial charge in [-0.25, -0.2) is 8.42 Å². The third-order valence-electron chi connectivity index (χ3n) is 5.28. The van der Waals surface area contributed by atoms with Crippen LogP contribution in [0, 0.1) is 0 Å². The summed E-state index contributed by atoms with van der Waals surface area (Å²) in [5, 5.41) is 2.68. The van der Waals surface area contributed by atoms with Gasteiger partial charge in [0.25, 0.3) is 11.8 Å². The van der Waals surface area contributed by atoms with Gasteiger partial charge in [-0.3, -0.25) is 9.59 Å². The maximum absolute atomic E-state index is 13.0. The molecule has 0 radical (unpaired) electrons. The number of fused-ring (bicyclic) bond motifs is 1. The molecule has 0 saturated carbocycles. The smallest absolute Gasteiger partial charge is 0.265 e. The summed E-state index contributed by atoms with van der Waals surface area (Å²) in [6.07, 6.45) is 0.530. The number of piperazine rings is 1. The molecule has 3 aliphatic rings. The van der Waals surface area contributed by atoms with Crippen LogP contribution in [0.15, 0.2) is 23.1 Å². The lowest BCUT2D eigenvalue weighted by Crippen LogP contribution is -2.52. The Hall–Kier alpha value is -2.17. The molecule has 0 aliphatic carbocycles. The second-order valence-corrected chi connectivity index (χ2v) is 9.08. The summed E-state index contributed by atoms with van der Waals surface area (Å²) in [7, 11) is -3.72. The Bertz CT molecular complexity index is 889. The number of hydrogen-bond donors (Lipinski definition) is 1. The fourth-order valence-electron chi connectivity index (χ4n) is 3.62. The number of hydrogen-bond acceptors (Lipinski definition) is 6. The molecule has 28 heavy (non-hydrogen) atoms. The van der Waals surface area contributed by atoms with Crippen molar-refractivity contribution in [3.8, 4) is 5.75 Å². The van der Waals surface area contributed by atoms with Crippen molar-refractivity contribution < 1.29 is 27.5 Å². The zero-order valence-electron chi connectivity index (χ0n) is 15.6. The molecule has 2 fully saturated rings. The van der Waals surface area contributed by atoms with Crippen molar-refractivity contribution in [2.45, 2.75) is 36.9 Å². The molecule has 2 amide bonds. The molecule has 0 spiro atoms. The van der Waals surface area contributed by atoms with Crippen LogP contribution in [0.5, 0.6) is 5.75 Å². The highest BCUT2D eigenvalue weighted by Gasteiger charge is 2.34. The second-order valence-electron chi connectivity index (χ2n) is 7.14. The minimum Gasteiger partial charge on any atom is -0.479 e. The molecular weight excluding hydrogens is 386 g/mol. The van der Waals surface area contributed by atoms with E-state index in [1.54, 1.807) is 11.8 Å². The fraction of sp³-hybridized carbons (Fsp3) is 0.556. The number of rotatable bonds is 3. The summed E-state index contributed by atoms with van der Waals surface area (Å²) in [5.74, 6) is 0.0111. The van der Waals surface area contributed by atoms with Gasteiger partial charge >= 0.3 is 0 Å². The minimum atomic E-state index is -3.72. The molecule has 2 saturated heterocycles. The number of anilines is 1. The monoisotopic (exact) mass is 409 g/mol. The Morgan fingerprint density at radius 2 is 1.96 bits per heavy atom. The largest absolute Gasteiger partial charge is 0.479 e. The lowest BCUT2D eigenvalue weighted by molar-refractivity contribution is -0.142. The van der Waals surface area contributed by atoms with Crippen LogP contribution in [0.25, 0.3) is 0 Å². The van der Waals surface area contributed by atoms with Gasteiger partial charge in [-0.2, -0.15) is 4.31 Å². The Balaban J connectivity index is 1.45. The lowest BCUT2D eigenvalue weighted by Gasteiger charge is -2.35. The van der Waals surface area contributed by atoms with E-state index in [0.717, 1.165) is 12.8 Å². The zero-order chi connectivity index (χ0) is 19.9. The number of carbonyl (C=O) groups excluding carboxylic acids is 2. The van der Waals surface area contributed by atoms with Crippen LogP contribution < -0.4 is 10.1 Å². The Kier molecular flexibility index (Phi) is 5.02. The van der Waals surface area contributed by atoms with Crippen molar-refractivity contribution in [2.24, 2.45) is 0 Å². The summed E-state index contributed by atoms with van der Waals surface area (Å²) >= 11 is 0. The zero-order valence-corrected chi connectivity index (χ0v) is 16.4. The molecule has 0 aromatic heterocycles. The van der Waals surface area contributed by atoms with Crippen molar-refractivity contribution in [1.29, 1.82) is 0 Å². The molecule has 0 unspecified atom stereocenters. The molecule has 3 heterocycles. The van der Waals surface area contributed by atoms with Gasteiger partial charge in [-0.05, 0) is 31.9 Å². The van der Waals surface area contributed by atoms with Crippen LogP contribution in [0.1, 0.15) is 19.8 Å². The van der Waals surface area contributed by atoms with E-state index >= 15 is 0 Å². The van der Waals surface area contributed by atoms with E-state index in [1.165, 1.54) is 22.5 Å². The van der Waals surface area contributed by atoms with Crippen LogP contribution >= 0.6 is 0 Å². The van der Waals surface area contributed by atoms with E-state index in [0.29, 0.717) is 31.1 Å². The summed E-state index contributed by atoms with van der Waals surface area (Å²) in [6, 6.07) is 4.42. The number of carbonyl (C=O) groups is 2. The molecule has 10 heteroatoms. The molecule has 152 valence electrons. The topological polar surface area (TPSA) is 105 Å². The number of nitrogens with zero attached hydrogens (tertiary/aromatic N) is 2. The van der Waals surface area contributed by atoms with Gasteiger partial charge in [0.15, 0.2) is 6.10 Å². The van der Waals surface area contributed by atoms with E-state index in [4.69, 9.17) is 9.47 Å². The van der Waals surface area contributed by atoms with Gasteiger partial charge in [0.2, 0.25) is 10.0 Å². The molecule has 9 nitrogen and oxygen atoms in total. The molecule has 1 N–H and O–H groups in total. The van der Waals surface area contributed by atoms with E-state index in [2.05, 4.69) is 5.32 Å². The van der Waals surface area contributed by atoms with Crippen molar-refractivity contribution in [3.63, 3.8) is 0 Å². The third kappa shape index (κ3) is 3.47. The normalized spacial score (nSPS) is 25.8. The SMILES string of the molecule is C[C@H]1Oc2cc(S(=O)(=O)N3CCN(C(=O)[C@H]4CCCO4)CC3)ccc2NC1=O. The molecule has 2 atom stereocenters. The van der Waals surface area contributed by atoms with Gasteiger partial charge in [-0.15, -0.1) is 0 Å². The summed E-state index contributed by atoms with van der Waals surface area (Å²) in [6.45, 7) is 3.34. The standard InChI is InChI=1S/C18H23N3O6S/c1-12-17(22)19-14-5-4-13(11-16(14)27-12)28(24,25)21-8-6-20(7-9-21)18(23)15-3-2-10-26-15/h4-5,11-12,15H,2-3,6-10H2,1H3,(H,19,22)/t12-,15-/m1/s1. The first-order chi connectivity index (χ1) is 13.4. The maximum Gasteiger partial charge on any atom is 0.265 e. The van der Waals surface area contributed by atoms with Crippen LogP contribution in [-0.4, -0.2) is 74.4 Å². The van der Waals surface area contributed by atoms with Gasteiger partial charge in [-0.1, -0.05) is 0 Å². The summed E-state index contributed by atoms with van der Waals surface area (Å²) < 4.78 is 38.3. The van der Waals surface area contributed by atoms with Crippen molar-refractivity contribution in [1.82, 2.24) is 9.21 Å². The number of ether oxygens (including phenoxy) is 2. The van der Waals surface area contributed by atoms with Gasteiger partial charge in [0.1, 0.15) is 11.9 Å². The van der Waals surface area contributed by atoms with E-state index < -0.39 is 22.2 Å². The summed E-state index contributed by atoms with van der Waals surface area (Å²) in [4.78, 5) is 25.9. The number of amides is 2. The predicted octanol–water partition coefficient (Wildman–Crippen LogP) is 0.418. The van der Waals surface area contributed by atoms with Gasteiger partial charge in [0, 0.05) is 38.9 Å². The Morgan fingerprint density at radius 1 is 1.21 bits per heavy atom. The molecular formula is C18H23N3O6S. The number of sulfonamides is 1. The predicted molar refractivity (Wildman–Crippen MR) is 99.5 cm³/mol. The third-order valence-corrected chi connectivity index (χ3v) is 7.17. The highest BCUT2D eigenvalue weighted by molar-refractivity contribution is 7.89. The maximum atomic E-state index is 13.0. The molecule has 1 aromatic carbocycles. The quantitative estimate of drug-likeness (QED) is 0.776. The highest BCUT2D eigenvalue weighted by atomic mass is 32.2. The number of benzene rings is 1. The average molecular weight is 409 g/mol. The minimum absolute atomic E-state index is 0.0542. The highest BCUT2D eigenvalue weighted by Crippen LogP contribution is 2.33. The Labute approximate surface area is 163 Å². The van der Waals surface area contributed by atoms with Crippen molar-refractivity contribution >= 4 is 27.5 Å². The van der Waals surface area contributed by atoms with Crippen LogP contribution in [-0.2, 0) is 24.3 Å². The van der Waals surface area contributed by atoms with Gasteiger partial charge < -0.3 is 19.7 Å². The van der Waals surface area contributed by atoms with Crippen molar-refractivity contribution in [2.75, 3.05) is 38.1 Å². The molecule has 1 aromatic rings. The van der Waals surface area contributed by atoms with E-state index in [9.17, 15) is 18.0 Å². The molecule has 3 aliphatic heterocycles. The first-order valence-electron chi connectivity index (χ1n) is 9.38. The second kappa shape index (κ2) is 7.34. The lowest BCUT2D eigenvalue weighted by atomic mass is 10.2. The van der Waals surface area contributed by atoms with Crippen LogP contribution in [0.3, 0.4) is 0 Å². The average Bonchev–Trinajstić information content (AvgIpc) is 3.23. The molecule has 4 rings (SSSR count). The van der Waals surface area contributed by atoms with E-state index in [1.807, 2.05) is 0 Å². The van der Waals surface area contributed by atoms with Gasteiger partial charge in [0.05, 0.1) is 10.6 Å². The Morgan fingerprint density at radius 3 is 2.64 bits per heavy atom.